The van der Waals surface area contributed by atoms with Crippen LogP contribution in [0.3, 0.4) is 0 Å². The van der Waals surface area contributed by atoms with Crippen molar-refractivity contribution in [1.82, 2.24) is 0 Å². The van der Waals surface area contributed by atoms with Crippen molar-refractivity contribution in [2.45, 2.75) is 111 Å². The summed E-state index contributed by atoms with van der Waals surface area (Å²) in [7, 11) is -0.359. The van der Waals surface area contributed by atoms with Crippen molar-refractivity contribution >= 4 is 31.9 Å². The van der Waals surface area contributed by atoms with Gasteiger partial charge in [0.2, 0.25) is 0 Å². The smallest absolute Gasteiger partial charge is 0.312 e. The van der Waals surface area contributed by atoms with Gasteiger partial charge in [-0.05, 0) is 77.8 Å². The van der Waals surface area contributed by atoms with Gasteiger partial charge in [-0.25, -0.2) is 0 Å². The molecule has 0 aliphatic carbocycles. The third-order valence-corrected chi connectivity index (χ3v) is 10.1. The first kappa shape index (κ1) is 36.8. The van der Waals surface area contributed by atoms with Crippen molar-refractivity contribution < 1.29 is 13.6 Å². The zero-order valence-electron chi connectivity index (χ0n) is 30.4. The molecule has 0 saturated heterocycles. The molecule has 3 rings (SSSR count). The van der Waals surface area contributed by atoms with Crippen molar-refractivity contribution in [1.29, 1.82) is 0 Å². The molecule has 0 atom stereocenters. The molecule has 244 valence electrons. The zero-order chi connectivity index (χ0) is 34.0. The molecule has 3 nitrogen and oxygen atoms in total. The zero-order valence-corrected chi connectivity index (χ0v) is 31.3. The third-order valence-electron chi connectivity index (χ3n) is 8.28. The molecular formula is C41H57O3P. The highest BCUT2D eigenvalue weighted by atomic mass is 31.2. The van der Waals surface area contributed by atoms with Crippen LogP contribution < -0.4 is 0 Å². The molecule has 0 amide bonds. The predicted octanol–water partition coefficient (Wildman–Crippen LogP) is 12.2. The lowest BCUT2D eigenvalue weighted by molar-refractivity contribution is 0.275. The Kier molecular flexibility index (Phi) is 11.1. The van der Waals surface area contributed by atoms with Crippen LogP contribution in [0.1, 0.15) is 133 Å². The minimum Gasteiger partial charge on any atom is -0.312 e. The van der Waals surface area contributed by atoms with E-state index in [-0.39, 0.29) is 27.8 Å². The van der Waals surface area contributed by atoms with E-state index in [1.165, 1.54) is 47.6 Å². The maximum absolute atomic E-state index is 13.1. The quantitative estimate of drug-likeness (QED) is 0.184. The van der Waals surface area contributed by atoms with Crippen molar-refractivity contribution in [3.05, 3.63) is 105 Å². The van der Waals surface area contributed by atoms with Gasteiger partial charge < -0.3 is 9.05 Å². The van der Waals surface area contributed by atoms with Gasteiger partial charge in [-0.15, -0.1) is 0 Å². The molecule has 0 saturated carbocycles. The second-order valence-electron chi connectivity index (χ2n) is 16.5. The van der Waals surface area contributed by atoms with E-state index >= 15 is 0 Å². The standard InChI is InChI=1S/C41H57O3P/c1-38(2,3)34-22-31(23-35(26-34)39(4,5)6)17-15-29-19-30(21-33(20-29)28-45(42,43-13)44-14)16-18-32-24-36(40(7,8)9)27-37(25-32)41(10,11)12/h15-27H,28H2,1-14H3/b17-15+,18-16+. The lowest BCUT2D eigenvalue weighted by Gasteiger charge is -2.25. The fourth-order valence-corrected chi connectivity index (χ4v) is 6.11. The van der Waals surface area contributed by atoms with E-state index in [1.807, 2.05) is 0 Å². The molecule has 0 spiro atoms. The van der Waals surface area contributed by atoms with Crippen LogP contribution in [-0.2, 0) is 41.4 Å². The fourth-order valence-electron chi connectivity index (χ4n) is 5.07. The van der Waals surface area contributed by atoms with E-state index in [0.717, 1.165) is 16.7 Å². The monoisotopic (exact) mass is 628 g/mol. The summed E-state index contributed by atoms with van der Waals surface area (Å²) < 4.78 is 23.8. The van der Waals surface area contributed by atoms with Gasteiger partial charge in [-0.2, -0.15) is 0 Å². The summed E-state index contributed by atoms with van der Waals surface area (Å²) in [4.78, 5) is 0. The highest BCUT2D eigenvalue weighted by molar-refractivity contribution is 7.52. The van der Waals surface area contributed by atoms with Crippen LogP contribution in [0.2, 0.25) is 0 Å². The molecule has 45 heavy (non-hydrogen) atoms. The van der Waals surface area contributed by atoms with E-state index in [9.17, 15) is 4.57 Å². The normalized spacial score (nSPS) is 13.7. The van der Waals surface area contributed by atoms with E-state index < -0.39 is 7.60 Å². The molecule has 3 aromatic carbocycles. The molecule has 0 unspecified atom stereocenters. The van der Waals surface area contributed by atoms with Crippen LogP contribution in [0.25, 0.3) is 24.3 Å². The minimum absolute atomic E-state index is 0.0420. The van der Waals surface area contributed by atoms with Gasteiger partial charge in [-0.3, -0.25) is 4.57 Å². The Morgan fingerprint density at radius 1 is 0.467 bits per heavy atom. The van der Waals surface area contributed by atoms with Crippen molar-refractivity contribution in [3.63, 3.8) is 0 Å². The molecule has 0 fully saturated rings. The molecule has 4 heteroatoms. The molecule has 0 heterocycles. The lowest BCUT2D eigenvalue weighted by atomic mass is 9.79. The van der Waals surface area contributed by atoms with Gasteiger partial charge in [0.25, 0.3) is 0 Å². The number of rotatable bonds is 8. The predicted molar refractivity (Wildman–Crippen MR) is 197 cm³/mol. The molecule has 0 aromatic heterocycles. The lowest BCUT2D eigenvalue weighted by Crippen LogP contribution is -2.16. The van der Waals surface area contributed by atoms with Crippen molar-refractivity contribution in [3.8, 4) is 0 Å². The van der Waals surface area contributed by atoms with E-state index in [4.69, 9.17) is 9.05 Å². The van der Waals surface area contributed by atoms with Gasteiger partial charge in [-0.1, -0.05) is 156 Å². The Labute approximate surface area is 274 Å². The molecule has 0 N–H and O–H groups in total. The average Bonchev–Trinajstić information content (AvgIpc) is 2.92. The maximum Gasteiger partial charge on any atom is 0.334 e. The van der Waals surface area contributed by atoms with Gasteiger partial charge in [0.15, 0.2) is 0 Å². The van der Waals surface area contributed by atoms with E-state index in [0.29, 0.717) is 0 Å². The summed E-state index contributed by atoms with van der Waals surface area (Å²) in [6.07, 6.45) is 8.87. The summed E-state index contributed by atoms with van der Waals surface area (Å²) in [6.45, 7) is 27.1. The van der Waals surface area contributed by atoms with Gasteiger partial charge in [0.05, 0.1) is 6.16 Å². The van der Waals surface area contributed by atoms with Crippen LogP contribution in [0.15, 0.2) is 54.6 Å². The maximum atomic E-state index is 13.1. The molecule has 3 aromatic rings. The van der Waals surface area contributed by atoms with Gasteiger partial charge in [0.1, 0.15) is 0 Å². The minimum atomic E-state index is -3.25. The number of hydrogen-bond donors (Lipinski definition) is 0. The first-order valence-corrected chi connectivity index (χ1v) is 17.8. The molecule has 0 aliphatic heterocycles. The van der Waals surface area contributed by atoms with Crippen LogP contribution in [0.5, 0.6) is 0 Å². The summed E-state index contributed by atoms with van der Waals surface area (Å²) in [5, 5.41) is 0. The van der Waals surface area contributed by atoms with Crippen LogP contribution >= 0.6 is 7.60 Å². The van der Waals surface area contributed by atoms with Gasteiger partial charge >= 0.3 is 7.60 Å². The highest BCUT2D eigenvalue weighted by Crippen LogP contribution is 2.50. The summed E-state index contributed by atoms with van der Waals surface area (Å²) >= 11 is 0. The average molecular weight is 629 g/mol. The summed E-state index contributed by atoms with van der Waals surface area (Å²) in [6, 6.07) is 20.2. The first-order valence-electron chi connectivity index (χ1n) is 16.1. The van der Waals surface area contributed by atoms with Crippen molar-refractivity contribution in [2.24, 2.45) is 0 Å². The first-order chi connectivity index (χ1) is 20.5. The van der Waals surface area contributed by atoms with Crippen LogP contribution in [0, 0.1) is 0 Å². The Hall–Kier alpha value is -2.71. The van der Waals surface area contributed by atoms with E-state index in [1.54, 1.807) is 0 Å². The molecule has 0 aliphatic rings. The highest BCUT2D eigenvalue weighted by Gasteiger charge is 2.23. The number of benzene rings is 3. The number of hydrogen-bond acceptors (Lipinski definition) is 3. The molecule has 0 bridgehead atoms. The fraction of sp³-hybridized carbons (Fsp3) is 0.463. The Morgan fingerprint density at radius 2 is 0.733 bits per heavy atom. The SMILES string of the molecule is COP(=O)(Cc1cc(/C=C/c2cc(C(C)(C)C)cc(C(C)(C)C)c2)cc(/C=C/c2cc(C(C)(C)C)cc(C(C)(C)C)c2)c1)OC. The topological polar surface area (TPSA) is 35.5 Å². The second kappa shape index (κ2) is 13.6. The van der Waals surface area contributed by atoms with Gasteiger partial charge in [0, 0.05) is 14.2 Å². The van der Waals surface area contributed by atoms with E-state index in [2.05, 4.69) is 162 Å². The Balaban J connectivity index is 2.13. The molecule has 0 radical (unpaired) electrons. The van der Waals surface area contributed by atoms with Crippen LogP contribution in [-0.4, -0.2) is 14.2 Å². The van der Waals surface area contributed by atoms with Crippen LogP contribution in [0.4, 0.5) is 0 Å². The van der Waals surface area contributed by atoms with Crippen molar-refractivity contribution in [2.75, 3.05) is 14.2 Å². The molecular weight excluding hydrogens is 571 g/mol. The third kappa shape index (κ3) is 10.4. The Bertz CT molecular complexity index is 1420. The second-order valence-corrected chi connectivity index (χ2v) is 18.8. The summed E-state index contributed by atoms with van der Waals surface area (Å²) in [5.41, 5.74) is 10.8. The summed E-state index contributed by atoms with van der Waals surface area (Å²) in [5.74, 6) is 0. The Morgan fingerprint density at radius 3 is 0.978 bits per heavy atom. The largest absolute Gasteiger partial charge is 0.334 e.